The van der Waals surface area contributed by atoms with E-state index in [1.165, 1.54) is 6.07 Å². The number of carboxylic acid groups (broad SMARTS) is 1. The molecule has 0 aromatic carbocycles. The van der Waals surface area contributed by atoms with E-state index in [2.05, 4.69) is 10.3 Å². The first-order valence-electron chi connectivity index (χ1n) is 12.0. The molecule has 0 saturated carbocycles. The summed E-state index contributed by atoms with van der Waals surface area (Å²) in [6.45, 7) is -2.37. The van der Waals surface area contributed by atoms with Gasteiger partial charge in [0.15, 0.2) is 6.23 Å². The van der Waals surface area contributed by atoms with E-state index in [1.54, 1.807) is 0 Å². The Bertz CT molecular complexity index is 1170. The quantitative estimate of drug-likeness (QED) is 0.0982. The van der Waals surface area contributed by atoms with Crippen LogP contribution in [0.25, 0.3) is 0 Å². The van der Waals surface area contributed by atoms with Gasteiger partial charge in [-0.2, -0.15) is 4.98 Å². The first-order chi connectivity index (χ1) is 19.2. The topological polar surface area (TPSA) is 329 Å². The monoisotopic (exact) mass is 612 g/mol. The van der Waals surface area contributed by atoms with Crippen molar-refractivity contribution >= 4 is 25.9 Å². The largest absolute Gasteiger partial charge is 0.701 e. The van der Waals surface area contributed by atoms with Crippen molar-refractivity contribution in [2.45, 2.75) is 67.2 Å². The first kappa shape index (κ1) is 32.8. The number of carboxylic acids is 1. The highest BCUT2D eigenvalue weighted by atomic mass is 31.1. The lowest BCUT2D eigenvalue weighted by Crippen LogP contribution is -2.68. The highest BCUT2D eigenvalue weighted by molar-refractivity contribution is 7.33. The number of ether oxygens (including phenoxy) is 2. The number of carbonyl (C=O) groups is 2. The molecule has 0 radical (unpaired) electrons. The van der Waals surface area contributed by atoms with Crippen LogP contribution in [0.5, 0.6) is 0 Å². The van der Waals surface area contributed by atoms with Gasteiger partial charge in [-0.05, 0) is 6.07 Å². The summed E-state index contributed by atoms with van der Waals surface area (Å²) >= 11 is 0. The number of carbonyl (C=O) groups excluding carboxylic acids is 1. The van der Waals surface area contributed by atoms with Crippen LogP contribution in [0.1, 0.15) is 12.6 Å². The van der Waals surface area contributed by atoms with Gasteiger partial charge in [-0.1, -0.05) is 4.52 Å². The number of anilines is 1. The van der Waals surface area contributed by atoms with E-state index < -0.39 is 113 Å². The normalized spacial score (nSPS) is 33.6. The highest BCUT2D eigenvalue weighted by Crippen LogP contribution is 2.41. The molecule has 3 heterocycles. The number of hydrogen-bond acceptors (Lipinski definition) is 17. The molecule has 1 aromatic heterocycles. The molecule has 0 aliphatic carbocycles. The van der Waals surface area contributed by atoms with E-state index in [-0.39, 0.29) is 5.82 Å². The second-order valence-corrected chi connectivity index (χ2v) is 10.0. The molecule has 20 nitrogen and oxygen atoms in total. The molecule has 3 unspecified atom stereocenters. The van der Waals surface area contributed by atoms with E-state index in [4.69, 9.17) is 30.0 Å². The number of nitrogens with one attached hydrogen (secondary N) is 1. The lowest BCUT2D eigenvalue weighted by Gasteiger charge is -2.44. The number of aliphatic hydroxyl groups is 6. The Balaban J connectivity index is 1.74. The average Bonchev–Trinajstić information content (AvgIpc) is 3.20. The SMILES string of the molecule is NCC(=O)N[C@H]1C([C@H](O)[C@H](O)CO)O[C@](O[P+](=O)OC[C@H]2O[C@@H](n3ccc(N)nc3=O)[C@@H](O)C2O)(C(=O)O)C[C@H]1O. The minimum atomic E-state index is -3.46. The number of nitrogen functional groups attached to an aromatic ring is 1. The van der Waals surface area contributed by atoms with Crippen LogP contribution in [-0.2, 0) is 32.7 Å². The van der Waals surface area contributed by atoms with Gasteiger partial charge >= 0.3 is 25.7 Å². The number of aromatic nitrogens is 2. The van der Waals surface area contributed by atoms with Gasteiger partial charge in [0, 0.05) is 17.2 Å². The number of aliphatic hydroxyl groups excluding tert-OH is 6. The number of aliphatic carboxylic acids is 1. The molecule has 2 aliphatic rings. The lowest BCUT2D eigenvalue weighted by atomic mass is 9.88. The van der Waals surface area contributed by atoms with Gasteiger partial charge in [-0.15, -0.1) is 4.52 Å². The molecule has 230 valence electrons. The number of nitrogens with zero attached hydrogens (tertiary/aromatic N) is 2. The molecular formula is C20H31N5O15P+. The molecule has 0 spiro atoms. The maximum Gasteiger partial charge on any atom is 0.701 e. The maximum atomic E-state index is 12.6. The van der Waals surface area contributed by atoms with E-state index in [0.717, 1.165) is 10.8 Å². The highest BCUT2D eigenvalue weighted by Gasteiger charge is 2.61. The van der Waals surface area contributed by atoms with E-state index in [0.29, 0.717) is 0 Å². The standard InChI is InChI=1S/C20H30N5O15P/c21-4-11(29)24-12-7(27)3-20(18(33)34,39-16(12)13(30)8(28)5-26)40-41(36)37-6-9-14(31)15(32)17(38-9)25-2-1-10(22)23-19(25)35/h1-2,7-9,12-17,26-28,30-32H,3-6,21H2,(H3-,22,23,24,29,33,34,35)/p+1/t7-,8-,9-,12-,13-,14?,15+,16?,17-,20-/m1/s1. The van der Waals surface area contributed by atoms with Crippen molar-refractivity contribution in [3.8, 4) is 0 Å². The fraction of sp³-hybridized carbons (Fsp3) is 0.700. The fourth-order valence-corrected chi connectivity index (χ4v) is 4.99. The van der Waals surface area contributed by atoms with Crippen LogP contribution in [0.3, 0.4) is 0 Å². The fourth-order valence-electron chi connectivity index (χ4n) is 4.23. The number of rotatable bonds is 12. The minimum Gasteiger partial charge on any atom is -0.477 e. The van der Waals surface area contributed by atoms with Gasteiger partial charge in [0.1, 0.15) is 49.0 Å². The summed E-state index contributed by atoms with van der Waals surface area (Å²) in [7, 11) is -3.46. The van der Waals surface area contributed by atoms with Crippen LogP contribution in [0.2, 0.25) is 0 Å². The van der Waals surface area contributed by atoms with Crippen LogP contribution in [0.15, 0.2) is 17.1 Å². The summed E-state index contributed by atoms with van der Waals surface area (Å²) in [6.07, 6.45) is -13.8. The lowest BCUT2D eigenvalue weighted by molar-refractivity contribution is -0.285. The Morgan fingerprint density at radius 2 is 1.98 bits per heavy atom. The van der Waals surface area contributed by atoms with Crippen molar-refractivity contribution in [2.75, 3.05) is 25.5 Å². The Morgan fingerprint density at radius 3 is 2.56 bits per heavy atom. The van der Waals surface area contributed by atoms with Crippen molar-refractivity contribution in [1.82, 2.24) is 14.9 Å². The summed E-state index contributed by atoms with van der Waals surface area (Å²) in [6, 6.07) is -0.318. The molecule has 3 rings (SSSR count). The summed E-state index contributed by atoms with van der Waals surface area (Å²) < 4.78 is 34.2. The Hall–Kier alpha value is -2.72. The molecule has 21 heteroatoms. The summed E-state index contributed by atoms with van der Waals surface area (Å²) in [5.74, 6) is -5.88. The third-order valence-electron chi connectivity index (χ3n) is 6.36. The molecule has 41 heavy (non-hydrogen) atoms. The molecule has 2 aliphatic heterocycles. The van der Waals surface area contributed by atoms with Gasteiger partial charge in [-0.3, -0.25) is 9.36 Å². The van der Waals surface area contributed by atoms with Crippen LogP contribution in [-0.4, -0.2) is 131 Å². The third-order valence-corrected chi connectivity index (χ3v) is 7.16. The average molecular weight is 612 g/mol. The zero-order valence-electron chi connectivity index (χ0n) is 21.1. The number of amides is 1. The smallest absolute Gasteiger partial charge is 0.477 e. The molecule has 1 amide bonds. The van der Waals surface area contributed by atoms with Gasteiger partial charge in [0.2, 0.25) is 5.91 Å². The number of nitrogens with two attached hydrogens (primary N) is 2. The second-order valence-electron chi connectivity index (χ2n) is 9.15. The Morgan fingerprint density at radius 1 is 1.29 bits per heavy atom. The molecular weight excluding hydrogens is 581 g/mol. The molecule has 12 N–H and O–H groups in total. The molecule has 2 fully saturated rings. The van der Waals surface area contributed by atoms with E-state index in [1.807, 2.05) is 0 Å². The predicted molar refractivity (Wildman–Crippen MR) is 129 cm³/mol. The van der Waals surface area contributed by atoms with Gasteiger partial charge in [0.25, 0.3) is 0 Å². The second kappa shape index (κ2) is 13.5. The number of hydrogen-bond donors (Lipinski definition) is 10. The van der Waals surface area contributed by atoms with Crippen molar-refractivity contribution in [2.24, 2.45) is 5.73 Å². The van der Waals surface area contributed by atoms with Crippen LogP contribution in [0.4, 0.5) is 5.82 Å². The molecule has 0 bridgehead atoms. The van der Waals surface area contributed by atoms with Crippen molar-refractivity contribution < 1.29 is 68.4 Å². The third kappa shape index (κ3) is 7.20. The van der Waals surface area contributed by atoms with Crippen molar-refractivity contribution in [3.05, 3.63) is 22.7 Å². The summed E-state index contributed by atoms with van der Waals surface area (Å²) in [4.78, 5) is 39.5. The van der Waals surface area contributed by atoms with Gasteiger partial charge in [-0.25, -0.2) is 9.59 Å². The Kier molecular flexibility index (Phi) is 10.8. The van der Waals surface area contributed by atoms with Gasteiger partial charge < -0.3 is 62.0 Å². The van der Waals surface area contributed by atoms with Crippen LogP contribution >= 0.6 is 8.25 Å². The molecule has 11 atom stereocenters. The molecule has 2 saturated heterocycles. The first-order valence-corrected chi connectivity index (χ1v) is 13.1. The molecule has 1 aromatic rings. The van der Waals surface area contributed by atoms with Crippen LogP contribution in [0, 0.1) is 0 Å². The van der Waals surface area contributed by atoms with Gasteiger partial charge in [0.05, 0.1) is 25.3 Å². The zero-order valence-corrected chi connectivity index (χ0v) is 22.0. The zero-order chi connectivity index (χ0) is 30.6. The summed E-state index contributed by atoms with van der Waals surface area (Å²) in [5.41, 5.74) is 9.76. The predicted octanol–water partition coefficient (Wildman–Crippen LogP) is -5.78. The van der Waals surface area contributed by atoms with E-state index >= 15 is 0 Å². The van der Waals surface area contributed by atoms with Crippen molar-refractivity contribution in [3.63, 3.8) is 0 Å². The van der Waals surface area contributed by atoms with Crippen LogP contribution < -0.4 is 22.5 Å². The van der Waals surface area contributed by atoms with Crippen molar-refractivity contribution in [1.29, 1.82) is 0 Å². The van der Waals surface area contributed by atoms with E-state index in [9.17, 15) is 54.7 Å². The summed E-state index contributed by atoms with van der Waals surface area (Å²) in [5, 5.41) is 72.8. The minimum absolute atomic E-state index is 0.107. The Labute approximate surface area is 231 Å². The maximum absolute atomic E-state index is 12.6.